The van der Waals surface area contributed by atoms with Crippen LogP contribution in [0.2, 0.25) is 0 Å². The summed E-state index contributed by atoms with van der Waals surface area (Å²) in [7, 11) is 4.60. The number of carbonyl (C=O) groups excluding carboxylic acids is 2. The number of anilines is 2. The number of rotatable bonds is 6. The first-order valence-electron chi connectivity index (χ1n) is 10.8. The Morgan fingerprint density at radius 2 is 1.29 bits per heavy atom. The minimum atomic E-state index is -0.961. The number of carbonyl (C=O) groups is 2. The second-order valence-electron chi connectivity index (χ2n) is 7.96. The van der Waals surface area contributed by atoms with Crippen molar-refractivity contribution in [3.8, 4) is 17.2 Å². The van der Waals surface area contributed by atoms with Gasteiger partial charge < -0.3 is 14.2 Å². The standard InChI is InChI=1S/C26H24N2O6/c1-31-19-14-16(15-20(32-2)23(19)33-3)22-21-24(34-28(22)18-12-8-5-9-13-18)26(30)27(25(21)29)17-10-6-4-7-11-17/h4-15,21-22,24H,1-3H3/t21-,22-,24+/m0/s1. The molecular formula is C26H24N2O6. The molecule has 2 aliphatic rings. The van der Waals surface area contributed by atoms with Gasteiger partial charge in [0.1, 0.15) is 5.92 Å². The predicted molar refractivity (Wildman–Crippen MR) is 125 cm³/mol. The van der Waals surface area contributed by atoms with Gasteiger partial charge in [-0.15, -0.1) is 0 Å². The Morgan fingerprint density at radius 1 is 0.735 bits per heavy atom. The molecule has 2 aliphatic heterocycles. The lowest BCUT2D eigenvalue weighted by Gasteiger charge is -2.29. The minimum absolute atomic E-state index is 0.321. The molecule has 0 spiro atoms. The SMILES string of the molecule is COc1cc([C@H]2[C@@H]3C(=O)N(c4ccccc4)C(=O)[C@@H]3ON2c2ccccc2)cc(OC)c1OC. The van der Waals surface area contributed by atoms with E-state index >= 15 is 0 Å². The summed E-state index contributed by atoms with van der Waals surface area (Å²) in [5.74, 6) is -0.142. The molecule has 8 nitrogen and oxygen atoms in total. The topological polar surface area (TPSA) is 77.5 Å². The van der Waals surface area contributed by atoms with E-state index in [-0.39, 0.29) is 5.91 Å². The Bertz CT molecular complexity index is 1190. The van der Waals surface area contributed by atoms with Gasteiger partial charge in [-0.2, -0.15) is 0 Å². The zero-order chi connectivity index (χ0) is 23.8. The summed E-state index contributed by atoms with van der Waals surface area (Å²) in [6.45, 7) is 0. The smallest absolute Gasteiger partial charge is 0.266 e. The van der Waals surface area contributed by atoms with E-state index in [0.29, 0.717) is 28.5 Å². The van der Waals surface area contributed by atoms with Crippen LogP contribution in [0.4, 0.5) is 11.4 Å². The molecular weight excluding hydrogens is 436 g/mol. The molecule has 0 aliphatic carbocycles. The van der Waals surface area contributed by atoms with Crippen molar-refractivity contribution in [3.63, 3.8) is 0 Å². The summed E-state index contributed by atoms with van der Waals surface area (Å²) in [5.41, 5.74) is 1.94. The average molecular weight is 460 g/mol. The minimum Gasteiger partial charge on any atom is -0.493 e. The molecule has 0 aromatic heterocycles. The molecule has 2 fully saturated rings. The molecule has 0 saturated carbocycles. The van der Waals surface area contributed by atoms with Gasteiger partial charge in [-0.1, -0.05) is 36.4 Å². The molecule has 2 heterocycles. The summed E-state index contributed by atoms with van der Waals surface area (Å²) in [5, 5.41) is 1.63. The highest BCUT2D eigenvalue weighted by Gasteiger charge is 2.60. The molecule has 8 heteroatoms. The van der Waals surface area contributed by atoms with Crippen molar-refractivity contribution < 1.29 is 28.6 Å². The number of methoxy groups -OCH3 is 3. The second kappa shape index (κ2) is 8.72. The number of ether oxygens (including phenoxy) is 3. The van der Waals surface area contributed by atoms with Crippen LogP contribution in [0.15, 0.2) is 72.8 Å². The van der Waals surface area contributed by atoms with E-state index in [4.69, 9.17) is 19.0 Å². The lowest BCUT2D eigenvalue weighted by Crippen LogP contribution is -2.37. The van der Waals surface area contributed by atoms with Crippen molar-refractivity contribution in [2.45, 2.75) is 12.1 Å². The maximum absolute atomic E-state index is 13.7. The van der Waals surface area contributed by atoms with Gasteiger partial charge in [-0.25, -0.2) is 9.96 Å². The summed E-state index contributed by atoms with van der Waals surface area (Å²) < 4.78 is 16.5. The van der Waals surface area contributed by atoms with Crippen molar-refractivity contribution in [3.05, 3.63) is 78.4 Å². The van der Waals surface area contributed by atoms with Crippen LogP contribution in [0.3, 0.4) is 0 Å². The van der Waals surface area contributed by atoms with Crippen molar-refractivity contribution in [2.75, 3.05) is 31.3 Å². The summed E-state index contributed by atoms with van der Waals surface area (Å²) in [6.07, 6.45) is -0.961. The zero-order valence-corrected chi connectivity index (χ0v) is 19.0. The number of fused-ring (bicyclic) bond motifs is 1. The molecule has 3 aromatic rings. The zero-order valence-electron chi connectivity index (χ0n) is 19.0. The van der Waals surface area contributed by atoms with Gasteiger partial charge in [-0.3, -0.25) is 14.4 Å². The summed E-state index contributed by atoms with van der Waals surface area (Å²) in [6, 6.07) is 21.2. The molecule has 5 rings (SSSR count). The van der Waals surface area contributed by atoms with E-state index in [0.717, 1.165) is 5.69 Å². The predicted octanol–water partition coefficient (Wildman–Crippen LogP) is 3.76. The number of hydrogen-bond acceptors (Lipinski definition) is 7. The Hall–Kier alpha value is -4.04. The van der Waals surface area contributed by atoms with E-state index in [1.807, 2.05) is 36.4 Å². The van der Waals surface area contributed by atoms with Crippen LogP contribution in [-0.2, 0) is 14.4 Å². The fourth-order valence-electron chi connectivity index (χ4n) is 4.66. The van der Waals surface area contributed by atoms with Crippen LogP contribution in [-0.4, -0.2) is 39.2 Å². The van der Waals surface area contributed by atoms with Gasteiger partial charge in [0.05, 0.1) is 38.7 Å². The highest BCUT2D eigenvalue weighted by Crippen LogP contribution is 2.50. The Labute approximate surface area is 197 Å². The molecule has 34 heavy (non-hydrogen) atoms. The van der Waals surface area contributed by atoms with E-state index in [1.54, 1.807) is 41.5 Å². The number of benzene rings is 3. The van der Waals surface area contributed by atoms with Crippen molar-refractivity contribution in [2.24, 2.45) is 5.92 Å². The first kappa shape index (κ1) is 21.8. The Morgan fingerprint density at radius 3 is 1.82 bits per heavy atom. The van der Waals surface area contributed by atoms with E-state index in [9.17, 15) is 9.59 Å². The molecule has 2 amide bonds. The highest BCUT2D eigenvalue weighted by atomic mass is 16.7. The van der Waals surface area contributed by atoms with Crippen LogP contribution in [0.25, 0.3) is 0 Å². The number of nitrogens with zero attached hydrogens (tertiary/aromatic N) is 2. The van der Waals surface area contributed by atoms with Crippen LogP contribution >= 0.6 is 0 Å². The summed E-state index contributed by atoms with van der Waals surface area (Å²) >= 11 is 0. The van der Waals surface area contributed by atoms with Gasteiger partial charge in [-0.05, 0) is 42.0 Å². The number of para-hydroxylation sites is 2. The molecule has 0 radical (unpaired) electrons. The van der Waals surface area contributed by atoms with Gasteiger partial charge in [0, 0.05) is 0 Å². The van der Waals surface area contributed by atoms with E-state index in [1.165, 1.54) is 26.2 Å². The monoisotopic (exact) mass is 460 g/mol. The molecule has 2 saturated heterocycles. The second-order valence-corrected chi connectivity index (χ2v) is 7.96. The lowest BCUT2D eigenvalue weighted by atomic mass is 9.90. The number of imide groups is 1. The summed E-state index contributed by atoms with van der Waals surface area (Å²) in [4.78, 5) is 34.5. The molecule has 0 N–H and O–H groups in total. The molecule has 3 aromatic carbocycles. The fourth-order valence-corrected chi connectivity index (χ4v) is 4.66. The third-order valence-electron chi connectivity index (χ3n) is 6.17. The largest absolute Gasteiger partial charge is 0.493 e. The first-order valence-corrected chi connectivity index (χ1v) is 10.8. The molecule has 174 valence electrons. The quantitative estimate of drug-likeness (QED) is 0.519. The van der Waals surface area contributed by atoms with Crippen molar-refractivity contribution in [1.29, 1.82) is 0 Å². The molecule has 0 bridgehead atoms. The van der Waals surface area contributed by atoms with Gasteiger partial charge in [0.15, 0.2) is 17.6 Å². The third kappa shape index (κ3) is 3.34. The fraction of sp³-hybridized carbons (Fsp3) is 0.231. The highest BCUT2D eigenvalue weighted by molar-refractivity contribution is 6.23. The lowest BCUT2D eigenvalue weighted by molar-refractivity contribution is -0.126. The maximum atomic E-state index is 13.7. The van der Waals surface area contributed by atoms with E-state index < -0.39 is 24.0 Å². The molecule has 0 unspecified atom stereocenters. The van der Waals surface area contributed by atoms with Gasteiger partial charge in [0.25, 0.3) is 5.91 Å². The normalized spacial score (nSPS) is 21.6. The third-order valence-corrected chi connectivity index (χ3v) is 6.17. The maximum Gasteiger partial charge on any atom is 0.266 e. The molecule has 3 atom stereocenters. The number of hydrogen-bond donors (Lipinski definition) is 0. The van der Waals surface area contributed by atoms with Crippen LogP contribution in [0.1, 0.15) is 11.6 Å². The van der Waals surface area contributed by atoms with Gasteiger partial charge >= 0.3 is 0 Å². The van der Waals surface area contributed by atoms with Gasteiger partial charge in [0.2, 0.25) is 11.7 Å². The van der Waals surface area contributed by atoms with Crippen LogP contribution < -0.4 is 24.2 Å². The first-order chi connectivity index (χ1) is 16.6. The Kier molecular flexibility index (Phi) is 5.59. The Balaban J connectivity index is 1.65. The number of amides is 2. The van der Waals surface area contributed by atoms with Crippen molar-refractivity contribution in [1.82, 2.24) is 0 Å². The van der Waals surface area contributed by atoms with E-state index in [2.05, 4.69) is 0 Å². The number of hydroxylamine groups is 1. The van der Waals surface area contributed by atoms with Crippen LogP contribution in [0, 0.1) is 5.92 Å². The average Bonchev–Trinajstić information content (AvgIpc) is 3.39. The van der Waals surface area contributed by atoms with Crippen LogP contribution in [0.5, 0.6) is 17.2 Å². The van der Waals surface area contributed by atoms with Crippen molar-refractivity contribution >= 4 is 23.2 Å².